The average Bonchev–Trinajstić information content (AvgIpc) is 2.30. The van der Waals surface area contributed by atoms with Gasteiger partial charge in [-0.2, -0.15) is 0 Å². The number of rotatable bonds is 2. The van der Waals surface area contributed by atoms with Crippen molar-refractivity contribution in [1.82, 2.24) is 9.80 Å². The van der Waals surface area contributed by atoms with E-state index in [2.05, 4.69) is 9.80 Å². The smallest absolute Gasteiger partial charge is 0.0480 e. The topological polar surface area (TPSA) is 15.7 Å². The summed E-state index contributed by atoms with van der Waals surface area (Å²) in [5.41, 5.74) is 0. The van der Waals surface area contributed by atoms with Gasteiger partial charge in [-0.05, 0) is 38.8 Å². The van der Waals surface area contributed by atoms with E-state index in [0.29, 0.717) is 0 Å². The Morgan fingerprint density at radius 1 is 0.750 bits per heavy atom. The largest absolute Gasteiger partial charge is 0.381 e. The van der Waals surface area contributed by atoms with Gasteiger partial charge in [-0.3, -0.25) is 9.80 Å². The van der Waals surface area contributed by atoms with E-state index in [1.54, 1.807) is 0 Å². The van der Waals surface area contributed by atoms with Crippen LogP contribution >= 0.6 is 0 Å². The lowest BCUT2D eigenvalue weighted by Gasteiger charge is -2.50. The standard InChI is InChI=1S/C13H24N2O/c1-2-6-14(7-3-1)13-10-15(11-13)12-4-8-16-9-5-12/h12-13H,1-11H2. The minimum Gasteiger partial charge on any atom is -0.381 e. The number of hydrogen-bond donors (Lipinski definition) is 0. The third kappa shape index (κ3) is 2.27. The molecular weight excluding hydrogens is 200 g/mol. The molecule has 3 aliphatic heterocycles. The summed E-state index contributed by atoms with van der Waals surface area (Å²) in [7, 11) is 0. The highest BCUT2D eigenvalue weighted by atomic mass is 16.5. The zero-order valence-electron chi connectivity index (χ0n) is 10.2. The monoisotopic (exact) mass is 224 g/mol. The van der Waals surface area contributed by atoms with Crippen LogP contribution in [0.4, 0.5) is 0 Å². The summed E-state index contributed by atoms with van der Waals surface area (Å²) in [4.78, 5) is 5.40. The molecule has 3 aliphatic rings. The van der Waals surface area contributed by atoms with E-state index in [-0.39, 0.29) is 0 Å². The molecule has 0 aromatic heterocycles. The van der Waals surface area contributed by atoms with Gasteiger partial charge in [0.05, 0.1) is 0 Å². The first-order chi connectivity index (χ1) is 7.93. The number of piperidine rings is 1. The van der Waals surface area contributed by atoms with Crippen molar-refractivity contribution in [2.24, 2.45) is 0 Å². The lowest BCUT2D eigenvalue weighted by atomic mass is 9.97. The van der Waals surface area contributed by atoms with Gasteiger partial charge in [-0.15, -0.1) is 0 Å². The van der Waals surface area contributed by atoms with Crippen LogP contribution in [0.5, 0.6) is 0 Å². The summed E-state index contributed by atoms with van der Waals surface area (Å²) in [5, 5.41) is 0. The van der Waals surface area contributed by atoms with Gasteiger partial charge in [0.1, 0.15) is 0 Å². The molecule has 0 N–H and O–H groups in total. The summed E-state index contributed by atoms with van der Waals surface area (Å²) in [6.45, 7) is 7.32. The Morgan fingerprint density at radius 2 is 1.44 bits per heavy atom. The normalized spacial score (nSPS) is 31.5. The fraction of sp³-hybridized carbons (Fsp3) is 1.00. The number of hydrogen-bond acceptors (Lipinski definition) is 3. The summed E-state index contributed by atoms with van der Waals surface area (Å²) in [5.74, 6) is 0. The van der Waals surface area contributed by atoms with Crippen LogP contribution < -0.4 is 0 Å². The Kier molecular flexibility index (Phi) is 3.46. The summed E-state index contributed by atoms with van der Waals surface area (Å²) in [6.07, 6.45) is 6.81. The SMILES string of the molecule is C1CCN(C2CN(C3CCOCC3)C2)CC1. The molecule has 0 unspecified atom stereocenters. The molecule has 0 aromatic rings. The van der Waals surface area contributed by atoms with Crippen molar-refractivity contribution < 1.29 is 4.74 Å². The van der Waals surface area contributed by atoms with Crippen molar-refractivity contribution in [3.8, 4) is 0 Å². The quantitative estimate of drug-likeness (QED) is 0.704. The molecule has 3 rings (SSSR count). The Balaban J connectivity index is 1.43. The zero-order chi connectivity index (χ0) is 10.8. The minimum absolute atomic E-state index is 0.829. The highest BCUT2D eigenvalue weighted by Crippen LogP contribution is 2.25. The molecule has 3 heteroatoms. The van der Waals surface area contributed by atoms with Crippen LogP contribution in [-0.4, -0.2) is 61.3 Å². The molecule has 3 nitrogen and oxygen atoms in total. The van der Waals surface area contributed by atoms with Gasteiger partial charge in [-0.25, -0.2) is 0 Å². The summed E-state index contributed by atoms with van der Waals surface area (Å²) >= 11 is 0. The molecule has 0 saturated carbocycles. The Morgan fingerprint density at radius 3 is 2.12 bits per heavy atom. The highest BCUT2D eigenvalue weighted by molar-refractivity contribution is 4.93. The molecule has 3 saturated heterocycles. The number of ether oxygens (including phenoxy) is 1. The van der Waals surface area contributed by atoms with Gasteiger partial charge in [0, 0.05) is 38.4 Å². The second-order valence-electron chi connectivity index (χ2n) is 5.55. The molecule has 0 aliphatic carbocycles. The van der Waals surface area contributed by atoms with Gasteiger partial charge in [0.15, 0.2) is 0 Å². The van der Waals surface area contributed by atoms with Crippen LogP contribution in [0.1, 0.15) is 32.1 Å². The number of likely N-dealkylation sites (tertiary alicyclic amines) is 2. The van der Waals surface area contributed by atoms with E-state index in [0.717, 1.165) is 25.3 Å². The molecular formula is C13H24N2O. The van der Waals surface area contributed by atoms with Crippen molar-refractivity contribution >= 4 is 0 Å². The summed E-state index contributed by atoms with van der Waals surface area (Å²) in [6, 6.07) is 1.71. The first kappa shape index (κ1) is 11.0. The van der Waals surface area contributed by atoms with Gasteiger partial charge < -0.3 is 4.74 Å². The minimum atomic E-state index is 0.829. The molecule has 3 heterocycles. The fourth-order valence-electron chi connectivity index (χ4n) is 3.35. The van der Waals surface area contributed by atoms with E-state index in [1.807, 2.05) is 0 Å². The van der Waals surface area contributed by atoms with Crippen LogP contribution in [0, 0.1) is 0 Å². The molecule has 0 bridgehead atoms. The Hall–Kier alpha value is -0.120. The lowest BCUT2D eigenvalue weighted by Crippen LogP contribution is -2.63. The van der Waals surface area contributed by atoms with Crippen LogP contribution in [0.3, 0.4) is 0 Å². The van der Waals surface area contributed by atoms with Crippen molar-refractivity contribution in [3.63, 3.8) is 0 Å². The van der Waals surface area contributed by atoms with E-state index in [1.165, 1.54) is 58.3 Å². The van der Waals surface area contributed by atoms with Crippen molar-refractivity contribution in [1.29, 1.82) is 0 Å². The van der Waals surface area contributed by atoms with Gasteiger partial charge in [0.2, 0.25) is 0 Å². The molecule has 0 atom stereocenters. The average molecular weight is 224 g/mol. The molecule has 0 amide bonds. The third-order valence-corrected chi connectivity index (χ3v) is 4.50. The zero-order valence-corrected chi connectivity index (χ0v) is 10.2. The van der Waals surface area contributed by atoms with Crippen molar-refractivity contribution in [2.75, 3.05) is 39.4 Å². The van der Waals surface area contributed by atoms with Crippen LogP contribution in [0.2, 0.25) is 0 Å². The highest BCUT2D eigenvalue weighted by Gasteiger charge is 2.36. The van der Waals surface area contributed by atoms with Crippen LogP contribution in [-0.2, 0) is 4.74 Å². The second kappa shape index (κ2) is 5.03. The van der Waals surface area contributed by atoms with Crippen LogP contribution in [0.25, 0.3) is 0 Å². The van der Waals surface area contributed by atoms with Crippen molar-refractivity contribution in [3.05, 3.63) is 0 Å². The maximum Gasteiger partial charge on any atom is 0.0480 e. The first-order valence-corrected chi connectivity index (χ1v) is 6.99. The predicted octanol–water partition coefficient (Wildman–Crippen LogP) is 1.34. The molecule has 16 heavy (non-hydrogen) atoms. The van der Waals surface area contributed by atoms with E-state index in [4.69, 9.17) is 4.74 Å². The third-order valence-electron chi connectivity index (χ3n) is 4.50. The van der Waals surface area contributed by atoms with E-state index < -0.39 is 0 Å². The van der Waals surface area contributed by atoms with Gasteiger partial charge in [-0.1, -0.05) is 6.42 Å². The van der Waals surface area contributed by atoms with E-state index >= 15 is 0 Å². The Labute approximate surface area is 98.7 Å². The first-order valence-electron chi connectivity index (χ1n) is 6.99. The molecule has 3 fully saturated rings. The summed E-state index contributed by atoms with van der Waals surface area (Å²) < 4.78 is 5.42. The maximum atomic E-state index is 5.42. The van der Waals surface area contributed by atoms with Gasteiger partial charge >= 0.3 is 0 Å². The molecule has 0 spiro atoms. The van der Waals surface area contributed by atoms with Crippen molar-refractivity contribution in [2.45, 2.75) is 44.2 Å². The Bertz CT molecular complexity index is 194. The van der Waals surface area contributed by atoms with E-state index in [9.17, 15) is 0 Å². The number of nitrogens with zero attached hydrogens (tertiary/aromatic N) is 2. The molecule has 92 valence electrons. The molecule has 0 radical (unpaired) electrons. The van der Waals surface area contributed by atoms with Gasteiger partial charge in [0.25, 0.3) is 0 Å². The maximum absolute atomic E-state index is 5.42. The molecule has 0 aromatic carbocycles. The lowest BCUT2D eigenvalue weighted by molar-refractivity contribution is -0.0398. The predicted molar refractivity (Wildman–Crippen MR) is 64.6 cm³/mol. The second-order valence-corrected chi connectivity index (χ2v) is 5.55. The fourth-order valence-corrected chi connectivity index (χ4v) is 3.35. The van der Waals surface area contributed by atoms with Crippen LogP contribution in [0.15, 0.2) is 0 Å².